The van der Waals surface area contributed by atoms with Gasteiger partial charge in [-0.15, -0.1) is 0 Å². The topological polar surface area (TPSA) is 55.2 Å². The molecule has 2 aliphatic rings. The number of anilines is 1. The number of rotatable bonds is 2. The number of benzene rings is 1. The Morgan fingerprint density at radius 2 is 2.00 bits per heavy atom. The van der Waals surface area contributed by atoms with Crippen LogP contribution >= 0.6 is 0 Å². The first-order chi connectivity index (χ1) is 10.1. The number of aromatic nitrogens is 2. The summed E-state index contributed by atoms with van der Waals surface area (Å²) in [6, 6.07) is 3.59. The Balaban J connectivity index is 1.96. The molecule has 1 saturated carbocycles. The summed E-state index contributed by atoms with van der Waals surface area (Å²) in [6.45, 7) is 3.82. The Morgan fingerprint density at radius 1 is 1.29 bits per heavy atom. The van der Waals surface area contributed by atoms with Crippen LogP contribution < -0.4 is 10.5 Å². The number of aryl methyl sites for hydroxylation is 1. The van der Waals surface area contributed by atoms with Gasteiger partial charge in [-0.2, -0.15) is 0 Å². The van der Waals surface area contributed by atoms with Gasteiger partial charge in [-0.25, -0.2) is 4.98 Å². The van der Waals surface area contributed by atoms with Crippen molar-refractivity contribution < 1.29 is 4.79 Å². The van der Waals surface area contributed by atoms with E-state index in [9.17, 15) is 9.59 Å². The first-order valence-corrected chi connectivity index (χ1v) is 7.30. The van der Waals surface area contributed by atoms with Crippen LogP contribution in [-0.2, 0) is 7.05 Å². The quantitative estimate of drug-likeness (QED) is 0.784. The molecule has 1 aliphatic heterocycles. The molecule has 5 heteroatoms. The Labute approximate surface area is 122 Å². The summed E-state index contributed by atoms with van der Waals surface area (Å²) < 4.78 is 1.61. The van der Waals surface area contributed by atoms with Crippen LogP contribution in [0.3, 0.4) is 0 Å². The zero-order valence-corrected chi connectivity index (χ0v) is 12.2. The minimum atomic E-state index is -0.0811. The molecule has 0 spiro atoms. The van der Waals surface area contributed by atoms with Gasteiger partial charge in [0.1, 0.15) is 0 Å². The molecule has 1 aromatic heterocycles. The second-order valence-corrected chi connectivity index (χ2v) is 6.30. The number of nitrogens with zero attached hydrogens (tertiary/aromatic N) is 3. The lowest BCUT2D eigenvalue weighted by Crippen LogP contribution is -2.31. The summed E-state index contributed by atoms with van der Waals surface area (Å²) in [5.74, 6) is 2.22. The smallest absolute Gasteiger partial charge is 0.262 e. The fraction of sp³-hybridized carbons (Fsp3) is 0.438. The number of piperidine rings is 1. The SMILES string of the molecule is Cc1cc(C=O)c2nc(N3CC4CC4C3)n(C)c(=O)c2c1. The van der Waals surface area contributed by atoms with Crippen molar-refractivity contribution in [3.8, 4) is 0 Å². The van der Waals surface area contributed by atoms with Crippen LogP contribution in [0.5, 0.6) is 0 Å². The highest BCUT2D eigenvalue weighted by molar-refractivity contribution is 5.96. The molecule has 0 N–H and O–H groups in total. The highest BCUT2D eigenvalue weighted by atomic mass is 16.1. The predicted molar refractivity (Wildman–Crippen MR) is 80.9 cm³/mol. The Kier molecular flexibility index (Phi) is 2.49. The van der Waals surface area contributed by atoms with Crippen LogP contribution in [0.1, 0.15) is 22.3 Å². The fourth-order valence-electron chi connectivity index (χ4n) is 3.48. The molecular formula is C16H17N3O2. The van der Waals surface area contributed by atoms with Gasteiger partial charge < -0.3 is 4.90 Å². The van der Waals surface area contributed by atoms with Gasteiger partial charge in [-0.3, -0.25) is 14.2 Å². The van der Waals surface area contributed by atoms with Crippen molar-refractivity contribution in [2.24, 2.45) is 18.9 Å². The van der Waals surface area contributed by atoms with E-state index in [0.29, 0.717) is 22.4 Å². The van der Waals surface area contributed by atoms with Crippen molar-refractivity contribution in [1.82, 2.24) is 9.55 Å². The zero-order chi connectivity index (χ0) is 14.7. The molecule has 2 aromatic rings. The summed E-state index contributed by atoms with van der Waals surface area (Å²) in [5, 5.41) is 0.521. The molecule has 2 unspecified atom stereocenters. The lowest BCUT2D eigenvalue weighted by Gasteiger charge is -2.22. The minimum absolute atomic E-state index is 0.0811. The van der Waals surface area contributed by atoms with E-state index in [0.717, 1.165) is 36.8 Å². The highest BCUT2D eigenvalue weighted by Crippen LogP contribution is 2.45. The normalized spacial score (nSPS) is 23.4. The van der Waals surface area contributed by atoms with Crippen LogP contribution in [0.2, 0.25) is 0 Å². The van der Waals surface area contributed by atoms with Crippen molar-refractivity contribution in [1.29, 1.82) is 0 Å². The van der Waals surface area contributed by atoms with Gasteiger partial charge in [0.2, 0.25) is 5.95 Å². The molecule has 21 heavy (non-hydrogen) atoms. The third-order valence-corrected chi connectivity index (χ3v) is 4.72. The third kappa shape index (κ3) is 1.80. The van der Waals surface area contributed by atoms with Crippen LogP contribution in [0, 0.1) is 18.8 Å². The van der Waals surface area contributed by atoms with E-state index in [1.807, 2.05) is 13.0 Å². The van der Waals surface area contributed by atoms with Gasteiger partial charge in [0.25, 0.3) is 5.56 Å². The number of fused-ring (bicyclic) bond motifs is 2. The standard InChI is InChI=1S/C16H17N3O2/c1-9-3-12(8-20)14-13(4-9)15(21)18(2)16(17-14)19-6-10-5-11(10)7-19/h3-4,8,10-11H,5-7H2,1-2H3. The number of carbonyl (C=O) groups is 1. The molecule has 2 heterocycles. The number of hydrogen-bond donors (Lipinski definition) is 0. The van der Waals surface area contributed by atoms with Crippen molar-refractivity contribution in [3.63, 3.8) is 0 Å². The number of carbonyl (C=O) groups excluding carboxylic acids is 1. The van der Waals surface area contributed by atoms with Crippen molar-refractivity contribution in [2.45, 2.75) is 13.3 Å². The number of aldehydes is 1. The maximum atomic E-state index is 12.6. The van der Waals surface area contributed by atoms with Crippen molar-refractivity contribution in [2.75, 3.05) is 18.0 Å². The van der Waals surface area contributed by atoms with Crippen LogP contribution in [0.25, 0.3) is 10.9 Å². The Hall–Kier alpha value is -2.17. The zero-order valence-electron chi connectivity index (χ0n) is 12.2. The molecule has 1 aliphatic carbocycles. The van der Waals surface area contributed by atoms with Gasteiger partial charge in [-0.05, 0) is 42.9 Å². The summed E-state index contributed by atoms with van der Waals surface area (Å²) in [4.78, 5) is 30.7. The Bertz CT molecular complexity index is 814. The summed E-state index contributed by atoms with van der Waals surface area (Å²) in [5.41, 5.74) is 1.84. The summed E-state index contributed by atoms with van der Waals surface area (Å²) in [7, 11) is 1.76. The van der Waals surface area contributed by atoms with E-state index in [2.05, 4.69) is 9.88 Å². The molecule has 0 radical (unpaired) electrons. The second-order valence-electron chi connectivity index (χ2n) is 6.30. The molecular weight excluding hydrogens is 266 g/mol. The molecule has 5 nitrogen and oxygen atoms in total. The maximum absolute atomic E-state index is 12.6. The van der Waals surface area contributed by atoms with E-state index in [1.54, 1.807) is 17.7 Å². The lowest BCUT2D eigenvalue weighted by atomic mass is 10.1. The van der Waals surface area contributed by atoms with Crippen LogP contribution in [-0.4, -0.2) is 28.9 Å². The van der Waals surface area contributed by atoms with Gasteiger partial charge in [0, 0.05) is 25.7 Å². The van der Waals surface area contributed by atoms with Gasteiger partial charge in [0.15, 0.2) is 6.29 Å². The second kappa shape index (κ2) is 4.16. The third-order valence-electron chi connectivity index (χ3n) is 4.72. The van der Waals surface area contributed by atoms with Crippen LogP contribution in [0.15, 0.2) is 16.9 Å². The first-order valence-electron chi connectivity index (χ1n) is 7.30. The maximum Gasteiger partial charge on any atom is 0.262 e. The molecule has 1 saturated heterocycles. The lowest BCUT2D eigenvalue weighted by molar-refractivity contribution is 0.112. The van der Waals surface area contributed by atoms with Gasteiger partial charge >= 0.3 is 0 Å². The predicted octanol–water partition coefficient (Wildman–Crippen LogP) is 1.51. The van der Waals surface area contributed by atoms with E-state index in [4.69, 9.17) is 0 Å². The molecule has 1 aromatic carbocycles. The van der Waals surface area contributed by atoms with E-state index in [1.165, 1.54) is 6.42 Å². The average Bonchev–Trinajstić information content (AvgIpc) is 3.08. The Morgan fingerprint density at radius 3 is 2.67 bits per heavy atom. The monoisotopic (exact) mass is 283 g/mol. The summed E-state index contributed by atoms with van der Waals surface area (Å²) >= 11 is 0. The van der Waals surface area contributed by atoms with Crippen LogP contribution in [0.4, 0.5) is 5.95 Å². The fourth-order valence-corrected chi connectivity index (χ4v) is 3.48. The molecule has 108 valence electrons. The minimum Gasteiger partial charge on any atom is -0.342 e. The number of hydrogen-bond acceptors (Lipinski definition) is 4. The molecule has 0 amide bonds. The van der Waals surface area contributed by atoms with Crippen molar-refractivity contribution in [3.05, 3.63) is 33.6 Å². The first kappa shape index (κ1) is 12.6. The summed E-state index contributed by atoms with van der Waals surface area (Å²) in [6.07, 6.45) is 2.09. The van der Waals surface area contributed by atoms with E-state index < -0.39 is 0 Å². The van der Waals surface area contributed by atoms with E-state index in [-0.39, 0.29) is 5.56 Å². The van der Waals surface area contributed by atoms with Gasteiger partial charge in [-0.1, -0.05) is 0 Å². The van der Waals surface area contributed by atoms with Gasteiger partial charge in [0.05, 0.1) is 10.9 Å². The largest absolute Gasteiger partial charge is 0.342 e. The molecule has 0 bridgehead atoms. The van der Waals surface area contributed by atoms with Crippen molar-refractivity contribution >= 4 is 23.1 Å². The molecule has 2 atom stereocenters. The van der Waals surface area contributed by atoms with E-state index >= 15 is 0 Å². The molecule has 2 fully saturated rings. The highest BCUT2D eigenvalue weighted by Gasteiger charge is 2.46. The molecule has 4 rings (SSSR count). The average molecular weight is 283 g/mol.